The number of ether oxygens (including phenoxy) is 2. The van der Waals surface area contributed by atoms with E-state index in [1.807, 2.05) is 0 Å². The van der Waals surface area contributed by atoms with Gasteiger partial charge in [-0.25, -0.2) is 15.4 Å². The van der Waals surface area contributed by atoms with Crippen molar-refractivity contribution in [2.45, 2.75) is 24.5 Å². The van der Waals surface area contributed by atoms with Gasteiger partial charge in [-0.15, -0.1) is 0 Å². The highest BCUT2D eigenvalue weighted by atomic mass is 16.6. The summed E-state index contributed by atoms with van der Waals surface area (Å²) in [5.41, 5.74) is 3.11. The lowest BCUT2D eigenvalue weighted by molar-refractivity contribution is -0.0501. The van der Waals surface area contributed by atoms with Crippen LogP contribution in [-0.4, -0.2) is 73.1 Å². The quantitative estimate of drug-likeness (QED) is 0.255. The third-order valence-corrected chi connectivity index (χ3v) is 4.75. The van der Waals surface area contributed by atoms with Gasteiger partial charge >= 0.3 is 0 Å². The number of nitrogens with one attached hydrogen (secondary N) is 2. The summed E-state index contributed by atoms with van der Waals surface area (Å²) in [5, 5.41) is 34.0. The number of hydrazone groups is 1. The van der Waals surface area contributed by atoms with Crippen LogP contribution in [0.3, 0.4) is 0 Å². The van der Waals surface area contributed by atoms with Crippen molar-refractivity contribution in [3.8, 4) is 5.75 Å². The number of hydrogen-bond acceptors (Lipinski definition) is 10. The molecule has 1 aromatic carbocycles. The Kier molecular flexibility index (Phi) is 5.46. The SMILES string of the molecule is COc1ccc(/C=N\Nc2nc3c(=O)[nH]cnc3n2[C@@H]2O[C@H](CO)[C@@H](O)[C@H]2O)cc1. The molecule has 4 rings (SSSR count). The fourth-order valence-corrected chi connectivity index (χ4v) is 3.19. The number of imidazole rings is 1. The summed E-state index contributed by atoms with van der Waals surface area (Å²) < 4.78 is 12.0. The van der Waals surface area contributed by atoms with Crippen LogP contribution in [0, 0.1) is 0 Å². The summed E-state index contributed by atoms with van der Waals surface area (Å²) in [6, 6.07) is 7.15. The van der Waals surface area contributed by atoms with Crippen molar-refractivity contribution in [3.05, 3.63) is 46.5 Å². The Balaban J connectivity index is 1.69. The molecule has 5 N–H and O–H groups in total. The van der Waals surface area contributed by atoms with E-state index in [4.69, 9.17) is 9.47 Å². The fraction of sp³-hybridized carbons (Fsp3) is 0.333. The van der Waals surface area contributed by atoms with E-state index in [1.54, 1.807) is 31.4 Å². The minimum atomic E-state index is -1.38. The molecule has 0 radical (unpaired) electrons. The van der Waals surface area contributed by atoms with Crippen LogP contribution in [0.15, 0.2) is 40.5 Å². The molecule has 1 aliphatic heterocycles. The second-order valence-corrected chi connectivity index (χ2v) is 6.58. The summed E-state index contributed by atoms with van der Waals surface area (Å²) in [6.07, 6.45) is -2.14. The van der Waals surface area contributed by atoms with Gasteiger partial charge in [-0.05, 0) is 29.8 Å². The molecule has 1 aliphatic rings. The summed E-state index contributed by atoms with van der Waals surface area (Å²) >= 11 is 0. The van der Waals surface area contributed by atoms with Gasteiger partial charge in [-0.1, -0.05) is 0 Å². The molecule has 0 saturated carbocycles. The molecule has 1 saturated heterocycles. The van der Waals surface area contributed by atoms with E-state index >= 15 is 0 Å². The number of H-pyrrole nitrogens is 1. The van der Waals surface area contributed by atoms with E-state index in [2.05, 4.69) is 25.5 Å². The summed E-state index contributed by atoms with van der Waals surface area (Å²) in [5.74, 6) is 0.769. The monoisotopic (exact) mass is 416 g/mol. The molecular formula is C18H20N6O6. The highest BCUT2D eigenvalue weighted by Crippen LogP contribution is 2.33. The topological polar surface area (TPSA) is 167 Å². The minimum absolute atomic E-state index is 0.00242. The Labute approximate surface area is 169 Å². The number of aromatic amines is 1. The van der Waals surface area contributed by atoms with Gasteiger partial charge in [0.1, 0.15) is 24.1 Å². The van der Waals surface area contributed by atoms with Crippen LogP contribution in [0.5, 0.6) is 5.75 Å². The Bertz CT molecular complexity index is 1110. The zero-order chi connectivity index (χ0) is 21.3. The van der Waals surface area contributed by atoms with Gasteiger partial charge < -0.3 is 29.8 Å². The Morgan fingerprint density at radius 1 is 1.33 bits per heavy atom. The number of benzene rings is 1. The molecule has 12 nitrogen and oxygen atoms in total. The molecule has 30 heavy (non-hydrogen) atoms. The van der Waals surface area contributed by atoms with Crippen LogP contribution in [-0.2, 0) is 4.74 Å². The van der Waals surface area contributed by atoms with E-state index in [1.165, 1.54) is 17.1 Å². The lowest BCUT2D eigenvalue weighted by Gasteiger charge is -2.18. The molecule has 1 fully saturated rings. The number of nitrogens with zero attached hydrogens (tertiary/aromatic N) is 4. The van der Waals surface area contributed by atoms with Crippen molar-refractivity contribution < 1.29 is 24.8 Å². The number of aliphatic hydroxyl groups excluding tert-OH is 3. The third-order valence-electron chi connectivity index (χ3n) is 4.75. The number of aromatic nitrogens is 4. The molecule has 0 amide bonds. The molecule has 0 spiro atoms. The molecule has 4 atom stereocenters. The maximum Gasteiger partial charge on any atom is 0.278 e. The molecule has 2 aromatic heterocycles. The van der Waals surface area contributed by atoms with E-state index < -0.39 is 36.7 Å². The third kappa shape index (κ3) is 3.52. The predicted octanol–water partition coefficient (Wildman–Crippen LogP) is -0.814. The lowest BCUT2D eigenvalue weighted by atomic mass is 10.1. The second-order valence-electron chi connectivity index (χ2n) is 6.58. The molecule has 0 unspecified atom stereocenters. The fourth-order valence-electron chi connectivity index (χ4n) is 3.19. The van der Waals surface area contributed by atoms with Gasteiger partial charge in [-0.2, -0.15) is 5.10 Å². The van der Waals surface area contributed by atoms with Gasteiger partial charge in [0.15, 0.2) is 17.4 Å². The van der Waals surface area contributed by atoms with E-state index in [-0.39, 0.29) is 17.1 Å². The van der Waals surface area contributed by atoms with Crippen molar-refractivity contribution >= 4 is 23.3 Å². The van der Waals surface area contributed by atoms with Crippen LogP contribution in [0.1, 0.15) is 11.8 Å². The molecule has 0 bridgehead atoms. The maximum absolute atomic E-state index is 12.1. The molecule has 3 aromatic rings. The summed E-state index contributed by atoms with van der Waals surface area (Å²) in [7, 11) is 1.57. The average Bonchev–Trinajstić information content (AvgIpc) is 3.26. The maximum atomic E-state index is 12.1. The number of anilines is 1. The normalized spacial score (nSPS) is 24.0. The van der Waals surface area contributed by atoms with Crippen molar-refractivity contribution in [1.29, 1.82) is 0 Å². The highest BCUT2D eigenvalue weighted by molar-refractivity contribution is 5.80. The molecule has 3 heterocycles. The zero-order valence-corrected chi connectivity index (χ0v) is 15.8. The first-order valence-electron chi connectivity index (χ1n) is 9.04. The first-order chi connectivity index (χ1) is 14.5. The van der Waals surface area contributed by atoms with Crippen molar-refractivity contribution in [2.24, 2.45) is 5.10 Å². The zero-order valence-electron chi connectivity index (χ0n) is 15.8. The highest BCUT2D eigenvalue weighted by Gasteiger charge is 2.45. The number of aliphatic hydroxyl groups is 3. The predicted molar refractivity (Wildman–Crippen MR) is 105 cm³/mol. The van der Waals surface area contributed by atoms with Gasteiger partial charge in [0.2, 0.25) is 5.95 Å². The van der Waals surface area contributed by atoms with Crippen LogP contribution >= 0.6 is 0 Å². The summed E-state index contributed by atoms with van der Waals surface area (Å²) in [6.45, 7) is -0.492. The van der Waals surface area contributed by atoms with E-state index in [0.717, 1.165) is 5.56 Å². The van der Waals surface area contributed by atoms with Crippen LogP contribution in [0.4, 0.5) is 5.95 Å². The van der Waals surface area contributed by atoms with Crippen molar-refractivity contribution in [1.82, 2.24) is 19.5 Å². The van der Waals surface area contributed by atoms with E-state index in [0.29, 0.717) is 5.75 Å². The second kappa shape index (κ2) is 8.20. The molecular weight excluding hydrogens is 396 g/mol. The average molecular weight is 416 g/mol. The van der Waals surface area contributed by atoms with Gasteiger partial charge in [-0.3, -0.25) is 9.36 Å². The van der Waals surface area contributed by atoms with Crippen molar-refractivity contribution in [3.63, 3.8) is 0 Å². The number of rotatable bonds is 6. The Hall–Kier alpha value is -3.32. The molecule has 12 heteroatoms. The van der Waals surface area contributed by atoms with Gasteiger partial charge in [0.05, 0.1) is 26.3 Å². The largest absolute Gasteiger partial charge is 0.497 e. The Morgan fingerprint density at radius 3 is 2.77 bits per heavy atom. The molecule has 0 aliphatic carbocycles. The van der Waals surface area contributed by atoms with Crippen LogP contribution in [0.25, 0.3) is 11.2 Å². The van der Waals surface area contributed by atoms with Crippen LogP contribution < -0.4 is 15.7 Å². The lowest BCUT2D eigenvalue weighted by Crippen LogP contribution is -2.33. The number of hydrogen-bond donors (Lipinski definition) is 5. The number of fused-ring (bicyclic) bond motifs is 1. The number of methoxy groups -OCH3 is 1. The minimum Gasteiger partial charge on any atom is -0.497 e. The van der Waals surface area contributed by atoms with Gasteiger partial charge in [0.25, 0.3) is 5.56 Å². The molecule has 158 valence electrons. The van der Waals surface area contributed by atoms with Crippen LogP contribution in [0.2, 0.25) is 0 Å². The van der Waals surface area contributed by atoms with Crippen molar-refractivity contribution in [2.75, 3.05) is 19.1 Å². The Morgan fingerprint density at radius 2 is 2.10 bits per heavy atom. The first kappa shape index (κ1) is 20.0. The smallest absolute Gasteiger partial charge is 0.278 e. The van der Waals surface area contributed by atoms with Gasteiger partial charge in [0, 0.05) is 0 Å². The van der Waals surface area contributed by atoms with E-state index in [9.17, 15) is 20.1 Å². The standard InChI is InChI=1S/C18H20N6O6/c1-29-10-4-2-9(3-5-10)6-21-23-18-22-12-15(19-8-20-16(12)28)24(18)17-14(27)13(26)11(7-25)30-17/h2-6,8,11,13-14,17,25-27H,7H2,1H3,(H,22,23)(H,19,20,28)/b21-6-/t11-,13-,14-,17-/m1/s1. The summed E-state index contributed by atoms with van der Waals surface area (Å²) in [4.78, 5) is 22.9. The first-order valence-corrected chi connectivity index (χ1v) is 9.04.